The summed E-state index contributed by atoms with van der Waals surface area (Å²) in [6.45, 7) is 0. The van der Waals surface area contributed by atoms with Crippen LogP contribution in [0.4, 0.5) is 0 Å². The maximum Gasteiger partial charge on any atom is 0.258 e. The monoisotopic (exact) mass is 334 g/mol. The number of benzene rings is 2. The molecular formula is C16H18N2O4S. The molecule has 0 aliphatic heterocycles. The molecule has 0 spiro atoms. The second-order valence-corrected chi connectivity index (χ2v) is 7.40. The molecule has 2 aromatic rings. The van der Waals surface area contributed by atoms with Crippen LogP contribution in [0.2, 0.25) is 0 Å². The van der Waals surface area contributed by atoms with Crippen molar-refractivity contribution >= 4 is 15.9 Å². The number of rotatable bonds is 5. The smallest absolute Gasteiger partial charge is 0.258 e. The van der Waals surface area contributed by atoms with Crippen LogP contribution in [0.15, 0.2) is 59.5 Å². The number of hydrogen-bond donors (Lipinski definition) is 2. The number of amides is 1. The Bertz CT molecular complexity index is 802. The first-order valence-corrected chi connectivity index (χ1v) is 8.25. The summed E-state index contributed by atoms with van der Waals surface area (Å²) in [5, 5.41) is 10.8. The Kier molecular flexibility index (Phi) is 4.56. The number of carbonyl (C=O) groups is 1. The highest BCUT2D eigenvalue weighted by Gasteiger charge is 2.38. The van der Waals surface area contributed by atoms with Crippen LogP contribution in [0, 0.1) is 0 Å². The molecule has 1 amide bonds. The second-order valence-electron chi connectivity index (χ2n) is 5.25. The van der Waals surface area contributed by atoms with Crippen molar-refractivity contribution in [1.82, 2.24) is 4.31 Å². The molecule has 6 nitrogen and oxygen atoms in total. The van der Waals surface area contributed by atoms with Crippen LogP contribution in [-0.2, 0) is 20.4 Å². The van der Waals surface area contributed by atoms with Crippen molar-refractivity contribution in [3.8, 4) is 0 Å². The predicted octanol–water partition coefficient (Wildman–Crippen LogP) is 0.658. The van der Waals surface area contributed by atoms with Crippen molar-refractivity contribution in [1.29, 1.82) is 0 Å². The summed E-state index contributed by atoms with van der Waals surface area (Å²) >= 11 is 0. The minimum absolute atomic E-state index is 0.0612. The molecule has 0 radical (unpaired) electrons. The van der Waals surface area contributed by atoms with Gasteiger partial charge in [0.05, 0.1) is 4.90 Å². The number of primary amides is 1. The van der Waals surface area contributed by atoms with Crippen molar-refractivity contribution in [3.63, 3.8) is 0 Å². The number of sulfonamides is 1. The van der Waals surface area contributed by atoms with Crippen molar-refractivity contribution in [2.24, 2.45) is 5.73 Å². The zero-order valence-corrected chi connectivity index (χ0v) is 13.6. The van der Waals surface area contributed by atoms with Gasteiger partial charge in [0.25, 0.3) is 5.91 Å². The van der Waals surface area contributed by atoms with Crippen molar-refractivity contribution in [2.45, 2.75) is 10.5 Å². The van der Waals surface area contributed by atoms with Gasteiger partial charge in [-0.15, -0.1) is 0 Å². The lowest BCUT2D eigenvalue weighted by Crippen LogP contribution is -2.42. The van der Waals surface area contributed by atoms with Crippen molar-refractivity contribution < 1.29 is 18.3 Å². The van der Waals surface area contributed by atoms with Crippen molar-refractivity contribution in [2.75, 3.05) is 14.1 Å². The van der Waals surface area contributed by atoms with Gasteiger partial charge >= 0.3 is 0 Å². The molecule has 122 valence electrons. The minimum Gasteiger partial charge on any atom is -0.372 e. The standard InChI is InChI=1S/C16H18N2O4S/c1-18(2)23(21,22)14-10-8-13(9-11-14)16(20,15(17)19)12-6-4-3-5-7-12/h3-11,20H,1-2H3,(H2,17,19). The van der Waals surface area contributed by atoms with Gasteiger partial charge < -0.3 is 10.8 Å². The lowest BCUT2D eigenvalue weighted by Gasteiger charge is -2.26. The first-order valence-electron chi connectivity index (χ1n) is 6.81. The highest BCUT2D eigenvalue weighted by molar-refractivity contribution is 7.89. The van der Waals surface area contributed by atoms with Crippen LogP contribution >= 0.6 is 0 Å². The molecule has 0 aromatic heterocycles. The Morgan fingerprint density at radius 3 is 1.91 bits per heavy atom. The van der Waals surface area contributed by atoms with Gasteiger partial charge in [0.15, 0.2) is 5.60 Å². The maximum absolute atomic E-state index is 12.1. The Labute approximate surface area is 135 Å². The van der Waals surface area contributed by atoms with E-state index in [2.05, 4.69) is 0 Å². The number of aliphatic hydroxyl groups is 1. The summed E-state index contributed by atoms with van der Waals surface area (Å²) in [6, 6.07) is 13.7. The third-order valence-electron chi connectivity index (χ3n) is 3.60. The molecule has 2 rings (SSSR count). The molecule has 0 aliphatic carbocycles. The predicted molar refractivity (Wildman–Crippen MR) is 86.0 cm³/mol. The van der Waals surface area contributed by atoms with Gasteiger partial charge in [-0.1, -0.05) is 42.5 Å². The van der Waals surface area contributed by atoms with Crippen LogP contribution in [0.1, 0.15) is 11.1 Å². The molecule has 7 heteroatoms. The zero-order valence-electron chi connectivity index (χ0n) is 12.8. The summed E-state index contributed by atoms with van der Waals surface area (Å²) in [5.74, 6) is -0.938. The second kappa shape index (κ2) is 6.11. The Balaban J connectivity index is 2.54. The molecule has 0 heterocycles. The van der Waals surface area contributed by atoms with E-state index in [0.29, 0.717) is 5.56 Å². The molecule has 3 N–H and O–H groups in total. The van der Waals surface area contributed by atoms with E-state index in [1.807, 2.05) is 0 Å². The van der Waals surface area contributed by atoms with Gasteiger partial charge in [-0.05, 0) is 23.3 Å². The normalized spacial score (nSPS) is 14.4. The molecule has 2 aromatic carbocycles. The van der Waals surface area contributed by atoms with Crippen LogP contribution < -0.4 is 5.73 Å². The number of hydrogen-bond acceptors (Lipinski definition) is 4. The molecule has 0 aliphatic rings. The van der Waals surface area contributed by atoms with E-state index in [9.17, 15) is 18.3 Å². The fraction of sp³-hybridized carbons (Fsp3) is 0.188. The fourth-order valence-corrected chi connectivity index (χ4v) is 3.11. The number of nitrogens with zero attached hydrogens (tertiary/aromatic N) is 1. The molecular weight excluding hydrogens is 316 g/mol. The summed E-state index contributed by atoms with van der Waals surface area (Å²) < 4.78 is 25.2. The molecule has 0 bridgehead atoms. The minimum atomic E-state index is -3.59. The Morgan fingerprint density at radius 1 is 1.00 bits per heavy atom. The average Bonchev–Trinajstić information content (AvgIpc) is 2.54. The van der Waals surface area contributed by atoms with E-state index in [4.69, 9.17) is 5.73 Å². The van der Waals surface area contributed by atoms with Gasteiger partial charge in [-0.25, -0.2) is 12.7 Å². The molecule has 0 saturated carbocycles. The summed E-state index contributed by atoms with van der Waals surface area (Å²) in [4.78, 5) is 11.9. The Morgan fingerprint density at radius 2 is 1.48 bits per heavy atom. The molecule has 1 atom stereocenters. The molecule has 0 saturated heterocycles. The van der Waals surface area contributed by atoms with Crippen LogP contribution in [0.25, 0.3) is 0 Å². The largest absolute Gasteiger partial charge is 0.372 e. The molecule has 1 unspecified atom stereocenters. The zero-order chi connectivity index (χ0) is 17.3. The summed E-state index contributed by atoms with van der Waals surface area (Å²) in [7, 11) is -0.741. The SMILES string of the molecule is CN(C)S(=O)(=O)c1ccc(C(O)(C(N)=O)c2ccccc2)cc1. The highest BCUT2D eigenvalue weighted by atomic mass is 32.2. The summed E-state index contributed by atoms with van der Waals surface area (Å²) in [6.07, 6.45) is 0. The van der Waals surface area contributed by atoms with Crippen molar-refractivity contribution in [3.05, 3.63) is 65.7 Å². The topological polar surface area (TPSA) is 101 Å². The third kappa shape index (κ3) is 2.98. The van der Waals surface area contributed by atoms with Gasteiger partial charge in [0.1, 0.15) is 0 Å². The number of nitrogens with two attached hydrogens (primary N) is 1. The quantitative estimate of drug-likeness (QED) is 0.838. The van der Waals surface area contributed by atoms with E-state index >= 15 is 0 Å². The summed E-state index contributed by atoms with van der Waals surface area (Å²) in [5.41, 5.74) is 3.88. The van der Waals surface area contributed by atoms with Gasteiger partial charge in [0, 0.05) is 14.1 Å². The number of carbonyl (C=O) groups excluding carboxylic acids is 1. The van der Waals surface area contributed by atoms with Crippen LogP contribution in [-0.4, -0.2) is 37.8 Å². The van der Waals surface area contributed by atoms with E-state index in [1.165, 1.54) is 38.4 Å². The van der Waals surface area contributed by atoms with Gasteiger partial charge in [-0.2, -0.15) is 0 Å². The molecule has 0 fully saturated rings. The average molecular weight is 334 g/mol. The fourth-order valence-electron chi connectivity index (χ4n) is 2.21. The maximum atomic E-state index is 12.1. The highest BCUT2D eigenvalue weighted by Crippen LogP contribution is 2.30. The first-order chi connectivity index (χ1) is 10.7. The lowest BCUT2D eigenvalue weighted by atomic mass is 9.86. The van der Waals surface area contributed by atoms with E-state index in [1.54, 1.807) is 30.3 Å². The van der Waals surface area contributed by atoms with E-state index in [0.717, 1.165) is 4.31 Å². The lowest BCUT2D eigenvalue weighted by molar-refractivity contribution is -0.133. The third-order valence-corrected chi connectivity index (χ3v) is 5.43. The van der Waals surface area contributed by atoms with Crippen LogP contribution in [0.3, 0.4) is 0 Å². The van der Waals surface area contributed by atoms with Gasteiger partial charge in [0.2, 0.25) is 10.0 Å². The van der Waals surface area contributed by atoms with E-state index < -0.39 is 21.5 Å². The van der Waals surface area contributed by atoms with E-state index in [-0.39, 0.29) is 10.5 Å². The van der Waals surface area contributed by atoms with Crippen LogP contribution in [0.5, 0.6) is 0 Å². The molecule has 23 heavy (non-hydrogen) atoms. The van der Waals surface area contributed by atoms with Gasteiger partial charge in [-0.3, -0.25) is 4.79 Å². The Hall–Kier alpha value is -2.22. The first kappa shape index (κ1) is 17.1.